The second-order valence-corrected chi connectivity index (χ2v) is 7.28. The van der Waals surface area contributed by atoms with Crippen LogP contribution in [0.4, 0.5) is 5.82 Å². The molecule has 0 saturated carbocycles. The number of imidazole rings is 1. The Morgan fingerprint density at radius 2 is 2.15 bits per heavy atom. The van der Waals surface area contributed by atoms with E-state index in [0.29, 0.717) is 0 Å². The summed E-state index contributed by atoms with van der Waals surface area (Å²) in [6.45, 7) is 1.90. The summed E-state index contributed by atoms with van der Waals surface area (Å²) in [7, 11) is 0. The van der Waals surface area contributed by atoms with Gasteiger partial charge in [-0.25, -0.2) is 4.98 Å². The minimum atomic E-state index is 0.749. The van der Waals surface area contributed by atoms with E-state index in [0.717, 1.165) is 54.5 Å². The maximum Gasteiger partial charge on any atom is 0.186 e. The van der Waals surface area contributed by atoms with Crippen LogP contribution >= 0.6 is 11.3 Å². The number of nitrogens with one attached hydrogen (secondary N) is 1. The molecule has 0 amide bonds. The van der Waals surface area contributed by atoms with Crippen molar-refractivity contribution < 1.29 is 0 Å². The van der Waals surface area contributed by atoms with E-state index >= 15 is 0 Å². The van der Waals surface area contributed by atoms with Gasteiger partial charge in [-0.2, -0.15) is 15.9 Å². The number of fused-ring (bicyclic) bond motifs is 2. The first-order valence-corrected chi connectivity index (χ1v) is 9.85. The molecule has 0 bridgehead atoms. The number of thiophene rings is 1. The van der Waals surface area contributed by atoms with Crippen LogP contribution in [0.5, 0.6) is 0 Å². The van der Waals surface area contributed by atoms with Gasteiger partial charge < -0.3 is 9.88 Å². The van der Waals surface area contributed by atoms with E-state index in [1.54, 1.807) is 15.9 Å². The van der Waals surface area contributed by atoms with Crippen LogP contribution < -0.4 is 5.32 Å². The quantitative estimate of drug-likeness (QED) is 0.588. The van der Waals surface area contributed by atoms with Crippen molar-refractivity contribution in [2.24, 2.45) is 0 Å². The predicted molar refractivity (Wildman–Crippen MR) is 101 cm³/mol. The lowest BCUT2D eigenvalue weighted by molar-refractivity contribution is 0.522. The van der Waals surface area contributed by atoms with Gasteiger partial charge in [0.15, 0.2) is 11.5 Å². The van der Waals surface area contributed by atoms with Gasteiger partial charge in [0.2, 0.25) is 0 Å². The van der Waals surface area contributed by atoms with E-state index < -0.39 is 0 Å². The zero-order chi connectivity index (χ0) is 17.3. The van der Waals surface area contributed by atoms with Crippen molar-refractivity contribution in [2.75, 3.05) is 11.9 Å². The number of hydrogen-bond donors (Lipinski definition) is 1. The summed E-state index contributed by atoms with van der Waals surface area (Å²) in [5.74, 6) is 2.82. The number of nitrogens with zero attached hydrogens (tertiary/aromatic N) is 6. The van der Waals surface area contributed by atoms with Gasteiger partial charge in [-0.15, -0.1) is 15.3 Å². The van der Waals surface area contributed by atoms with Crippen molar-refractivity contribution >= 4 is 22.8 Å². The average Bonchev–Trinajstić information content (AvgIpc) is 3.39. The summed E-state index contributed by atoms with van der Waals surface area (Å²) in [5.41, 5.74) is 2.94. The second kappa shape index (κ2) is 6.53. The molecule has 26 heavy (non-hydrogen) atoms. The van der Waals surface area contributed by atoms with Crippen LogP contribution in [0.25, 0.3) is 17.0 Å². The van der Waals surface area contributed by atoms with Crippen LogP contribution in [0.1, 0.15) is 24.4 Å². The van der Waals surface area contributed by atoms with Crippen LogP contribution in [-0.2, 0) is 19.4 Å². The predicted octanol–water partition coefficient (Wildman–Crippen LogP) is 3.04. The normalized spacial score (nSPS) is 13.8. The molecule has 0 spiro atoms. The number of hydrogen-bond acceptors (Lipinski definition) is 6. The van der Waals surface area contributed by atoms with Crippen LogP contribution in [0.15, 0.2) is 35.2 Å². The molecule has 0 saturated heterocycles. The minimum Gasteiger partial charge on any atom is -0.368 e. The van der Waals surface area contributed by atoms with Crippen LogP contribution in [0, 0.1) is 0 Å². The van der Waals surface area contributed by atoms with Crippen LogP contribution in [0.3, 0.4) is 0 Å². The first-order valence-electron chi connectivity index (χ1n) is 8.91. The monoisotopic (exact) mass is 365 g/mol. The van der Waals surface area contributed by atoms with Crippen molar-refractivity contribution in [3.63, 3.8) is 0 Å². The van der Waals surface area contributed by atoms with Crippen LogP contribution in [0.2, 0.25) is 0 Å². The van der Waals surface area contributed by atoms with Crippen molar-refractivity contribution in [3.05, 3.63) is 46.7 Å². The summed E-state index contributed by atoms with van der Waals surface area (Å²) in [6.07, 6.45) is 6.70. The number of rotatable bonds is 5. The third-order valence-electron chi connectivity index (χ3n) is 4.69. The number of anilines is 1. The van der Waals surface area contributed by atoms with Crippen molar-refractivity contribution in [2.45, 2.75) is 32.2 Å². The Balaban J connectivity index is 1.30. The molecule has 0 aromatic carbocycles. The van der Waals surface area contributed by atoms with Gasteiger partial charge in [-0.05, 0) is 36.4 Å². The van der Waals surface area contributed by atoms with E-state index in [4.69, 9.17) is 4.98 Å². The summed E-state index contributed by atoms with van der Waals surface area (Å²) >= 11 is 1.64. The molecule has 8 heteroatoms. The molecule has 0 atom stereocenters. The fourth-order valence-corrected chi connectivity index (χ4v) is 4.00. The SMILES string of the molecule is c1cc(-c2nnc3ccc(NCCc4cn5c(n4)CCCC5)nn23)cs1. The Labute approximate surface area is 154 Å². The maximum absolute atomic E-state index is 4.75. The van der Waals surface area contributed by atoms with Gasteiger partial charge in [-0.3, -0.25) is 0 Å². The highest BCUT2D eigenvalue weighted by Gasteiger charge is 2.12. The molecule has 0 unspecified atom stereocenters. The van der Waals surface area contributed by atoms with E-state index in [1.165, 1.54) is 18.7 Å². The molecule has 5 rings (SSSR count). The van der Waals surface area contributed by atoms with Gasteiger partial charge in [0, 0.05) is 43.1 Å². The third-order valence-corrected chi connectivity index (χ3v) is 5.37. The van der Waals surface area contributed by atoms with Gasteiger partial charge in [-0.1, -0.05) is 0 Å². The topological polar surface area (TPSA) is 72.9 Å². The molecule has 1 aliphatic rings. The Morgan fingerprint density at radius 3 is 3.04 bits per heavy atom. The Kier molecular flexibility index (Phi) is 3.89. The van der Waals surface area contributed by atoms with E-state index in [-0.39, 0.29) is 0 Å². The highest BCUT2D eigenvalue weighted by molar-refractivity contribution is 7.08. The van der Waals surface area contributed by atoms with Crippen molar-refractivity contribution in [1.82, 2.24) is 29.4 Å². The molecule has 132 valence electrons. The molecular weight excluding hydrogens is 346 g/mol. The molecule has 7 nitrogen and oxygen atoms in total. The number of aryl methyl sites for hydroxylation is 2. The maximum atomic E-state index is 4.75. The highest BCUT2D eigenvalue weighted by Crippen LogP contribution is 2.21. The Hall–Kier alpha value is -2.74. The summed E-state index contributed by atoms with van der Waals surface area (Å²) in [4.78, 5) is 4.75. The highest BCUT2D eigenvalue weighted by atomic mass is 32.1. The first-order chi connectivity index (χ1) is 12.9. The molecule has 1 N–H and O–H groups in total. The molecule has 0 fully saturated rings. The number of aromatic nitrogens is 6. The average molecular weight is 365 g/mol. The van der Waals surface area contributed by atoms with Crippen molar-refractivity contribution in [3.8, 4) is 11.4 Å². The lowest BCUT2D eigenvalue weighted by atomic mass is 10.2. The van der Waals surface area contributed by atoms with E-state index in [1.807, 2.05) is 23.6 Å². The lowest BCUT2D eigenvalue weighted by Gasteiger charge is -2.11. The zero-order valence-electron chi connectivity index (χ0n) is 14.3. The lowest BCUT2D eigenvalue weighted by Crippen LogP contribution is -2.09. The molecule has 0 radical (unpaired) electrons. The van der Waals surface area contributed by atoms with Gasteiger partial charge in [0.1, 0.15) is 11.6 Å². The second-order valence-electron chi connectivity index (χ2n) is 6.50. The third kappa shape index (κ3) is 2.86. The van der Waals surface area contributed by atoms with E-state index in [9.17, 15) is 0 Å². The largest absolute Gasteiger partial charge is 0.368 e. The fraction of sp³-hybridized carbons (Fsp3) is 0.333. The minimum absolute atomic E-state index is 0.749. The molecular formula is C18H19N7S. The summed E-state index contributed by atoms with van der Waals surface area (Å²) < 4.78 is 4.09. The fourth-order valence-electron chi connectivity index (χ4n) is 3.37. The molecule has 4 aromatic heterocycles. The summed E-state index contributed by atoms with van der Waals surface area (Å²) in [5, 5.41) is 20.6. The Bertz CT molecular complexity index is 1010. The van der Waals surface area contributed by atoms with Gasteiger partial charge in [0.05, 0.1) is 5.69 Å². The van der Waals surface area contributed by atoms with Gasteiger partial charge >= 0.3 is 0 Å². The van der Waals surface area contributed by atoms with Gasteiger partial charge in [0.25, 0.3) is 0 Å². The molecule has 4 aromatic rings. The zero-order valence-corrected chi connectivity index (χ0v) is 15.1. The molecule has 0 aliphatic carbocycles. The molecule has 1 aliphatic heterocycles. The Morgan fingerprint density at radius 1 is 1.15 bits per heavy atom. The van der Waals surface area contributed by atoms with Crippen molar-refractivity contribution in [1.29, 1.82) is 0 Å². The standard InChI is InChI=1S/C18H19N7S/c1-2-9-24-11-14(20-16(24)3-1)6-8-19-15-4-5-17-21-22-18(25(17)23-15)13-7-10-26-12-13/h4-5,7,10-12H,1-3,6,8-9H2,(H,19,23). The van der Waals surface area contributed by atoms with E-state index in [2.05, 4.69) is 36.8 Å². The summed E-state index contributed by atoms with van der Waals surface area (Å²) in [6, 6.07) is 5.91. The smallest absolute Gasteiger partial charge is 0.186 e. The van der Waals surface area contributed by atoms with Crippen LogP contribution in [-0.4, -0.2) is 35.9 Å². The first kappa shape index (κ1) is 15.5. The molecule has 5 heterocycles.